The predicted octanol–water partition coefficient (Wildman–Crippen LogP) is 2.37. The van der Waals surface area contributed by atoms with Gasteiger partial charge >= 0.3 is 5.82 Å². The molecule has 0 aliphatic carbocycles. The topological polar surface area (TPSA) is 94.0 Å². The van der Waals surface area contributed by atoms with Crippen LogP contribution in [0.3, 0.4) is 0 Å². The molecule has 1 N–H and O–H groups in total. The van der Waals surface area contributed by atoms with E-state index in [0.29, 0.717) is 31.1 Å². The summed E-state index contributed by atoms with van der Waals surface area (Å²) < 4.78 is 7.09. The Morgan fingerprint density at radius 1 is 1.43 bits per heavy atom. The maximum Gasteiger partial charge on any atom is 0.342 e. The monoisotopic (exact) mass is 288 g/mol. The van der Waals surface area contributed by atoms with Crippen molar-refractivity contribution in [1.82, 2.24) is 9.55 Å². The Kier molecular flexibility index (Phi) is 4.65. The lowest BCUT2D eigenvalue weighted by atomic mass is 10.2. The quantitative estimate of drug-likeness (QED) is 0.480. The molecular formula is C14H16N4O3. The Labute approximate surface area is 121 Å². The molecule has 0 radical (unpaired) electrons. The summed E-state index contributed by atoms with van der Waals surface area (Å²) in [5.41, 5.74) is 1.04. The molecule has 0 amide bonds. The summed E-state index contributed by atoms with van der Waals surface area (Å²) in [6.07, 6.45) is 3.19. The van der Waals surface area contributed by atoms with Crippen molar-refractivity contribution in [2.75, 3.05) is 6.61 Å². The lowest BCUT2D eigenvalue weighted by molar-refractivity contribution is -0.392. The van der Waals surface area contributed by atoms with Crippen LogP contribution >= 0.6 is 0 Å². The number of hydrogen-bond acceptors (Lipinski definition) is 5. The van der Waals surface area contributed by atoms with Crippen molar-refractivity contribution < 1.29 is 9.66 Å². The van der Waals surface area contributed by atoms with Crippen LogP contribution in [-0.2, 0) is 13.0 Å². The lowest BCUT2D eigenvalue weighted by Crippen LogP contribution is -2.11. The van der Waals surface area contributed by atoms with Crippen LogP contribution in [-0.4, -0.2) is 27.3 Å². The average molecular weight is 288 g/mol. The highest BCUT2D eigenvalue weighted by Crippen LogP contribution is 2.15. The highest BCUT2D eigenvalue weighted by atomic mass is 16.6. The molecule has 1 aromatic heterocycles. The molecule has 1 aromatic carbocycles. The lowest BCUT2D eigenvalue weighted by Gasteiger charge is -2.07. The van der Waals surface area contributed by atoms with Crippen molar-refractivity contribution in [2.24, 2.45) is 0 Å². The largest absolute Gasteiger partial charge is 0.489 e. The van der Waals surface area contributed by atoms with E-state index in [-0.39, 0.29) is 5.82 Å². The fourth-order valence-corrected chi connectivity index (χ4v) is 1.97. The number of nitrogens with zero attached hydrogens (tertiary/aromatic N) is 3. The van der Waals surface area contributed by atoms with Gasteiger partial charge in [-0.3, -0.25) is 0 Å². The van der Waals surface area contributed by atoms with Crippen LogP contribution in [0.25, 0.3) is 0 Å². The van der Waals surface area contributed by atoms with E-state index in [1.807, 2.05) is 24.3 Å². The molecular weight excluding hydrogens is 272 g/mol. The van der Waals surface area contributed by atoms with Crippen LogP contribution in [0, 0.1) is 22.4 Å². The molecule has 0 saturated carbocycles. The molecule has 1 heterocycles. The fraction of sp³-hybridized carbons (Fsp3) is 0.286. The van der Waals surface area contributed by atoms with E-state index in [1.54, 1.807) is 6.92 Å². The van der Waals surface area contributed by atoms with Gasteiger partial charge in [0.25, 0.3) is 0 Å². The molecule has 21 heavy (non-hydrogen) atoms. The third-order valence-electron chi connectivity index (χ3n) is 3.07. The molecule has 0 fully saturated rings. The van der Waals surface area contributed by atoms with E-state index in [4.69, 9.17) is 10.1 Å². The number of imidazole rings is 1. The number of nitro groups is 1. The minimum absolute atomic E-state index is 0.0302. The summed E-state index contributed by atoms with van der Waals surface area (Å²) in [4.78, 5) is 14.3. The smallest absolute Gasteiger partial charge is 0.342 e. The third kappa shape index (κ3) is 3.65. The molecule has 7 nitrogen and oxygen atoms in total. The van der Waals surface area contributed by atoms with Gasteiger partial charge in [0.05, 0.1) is 0 Å². The van der Waals surface area contributed by atoms with Crippen LogP contribution < -0.4 is 4.74 Å². The number of rotatable bonds is 7. The van der Waals surface area contributed by atoms with E-state index in [1.165, 1.54) is 17.0 Å². The number of benzene rings is 1. The van der Waals surface area contributed by atoms with Crippen LogP contribution in [0.15, 0.2) is 30.5 Å². The summed E-state index contributed by atoms with van der Waals surface area (Å²) in [5, 5.41) is 17.9. The van der Waals surface area contributed by atoms with Gasteiger partial charge in [0.2, 0.25) is 0 Å². The zero-order chi connectivity index (χ0) is 15.2. The van der Waals surface area contributed by atoms with Crippen molar-refractivity contribution in [1.29, 1.82) is 5.41 Å². The van der Waals surface area contributed by atoms with Gasteiger partial charge < -0.3 is 20.3 Å². The zero-order valence-corrected chi connectivity index (χ0v) is 11.7. The average Bonchev–Trinajstić information content (AvgIpc) is 2.83. The van der Waals surface area contributed by atoms with Gasteiger partial charge in [0, 0.05) is 13.3 Å². The summed E-state index contributed by atoms with van der Waals surface area (Å²) >= 11 is 0. The Hall–Kier alpha value is -2.70. The first-order valence-corrected chi connectivity index (χ1v) is 6.49. The Balaban J connectivity index is 1.94. The Bertz CT molecular complexity index is 634. The maximum absolute atomic E-state index is 10.9. The molecule has 0 saturated heterocycles. The second-order valence-electron chi connectivity index (χ2n) is 4.47. The summed E-state index contributed by atoms with van der Waals surface area (Å²) in [7, 11) is 0. The van der Waals surface area contributed by atoms with Gasteiger partial charge in [-0.1, -0.05) is 12.1 Å². The molecule has 0 unspecified atom stereocenters. The highest BCUT2D eigenvalue weighted by Gasteiger charge is 2.16. The van der Waals surface area contributed by atoms with Crippen LogP contribution in [0.5, 0.6) is 5.75 Å². The minimum atomic E-state index is -0.452. The van der Waals surface area contributed by atoms with E-state index in [2.05, 4.69) is 4.98 Å². The van der Waals surface area contributed by atoms with Gasteiger partial charge in [0.1, 0.15) is 25.1 Å². The minimum Gasteiger partial charge on any atom is -0.489 e. The van der Waals surface area contributed by atoms with Gasteiger partial charge in [-0.05, 0) is 28.8 Å². The van der Waals surface area contributed by atoms with Crippen molar-refractivity contribution in [2.45, 2.75) is 19.9 Å². The van der Waals surface area contributed by atoms with Crippen molar-refractivity contribution in [3.63, 3.8) is 0 Å². The number of ether oxygens (including phenoxy) is 1. The molecule has 0 bridgehead atoms. The zero-order valence-electron chi connectivity index (χ0n) is 11.7. The van der Waals surface area contributed by atoms with Gasteiger partial charge in [-0.15, -0.1) is 0 Å². The standard InChI is InChI=1S/C14H16N4O3/c1-11-16-10-14(18(19)20)17(11)8-9-21-13-4-2-12(3-5-13)6-7-15/h2-5,7,10,15H,6,8-9H2,1H3. The van der Waals surface area contributed by atoms with Gasteiger partial charge in [-0.2, -0.15) is 0 Å². The first-order valence-electron chi connectivity index (χ1n) is 6.49. The maximum atomic E-state index is 10.9. The highest BCUT2D eigenvalue weighted by molar-refractivity contribution is 5.57. The summed E-state index contributed by atoms with van der Waals surface area (Å²) in [6, 6.07) is 7.44. The molecule has 7 heteroatoms. The molecule has 0 atom stereocenters. The Morgan fingerprint density at radius 3 is 2.76 bits per heavy atom. The van der Waals surface area contributed by atoms with Crippen LogP contribution in [0.1, 0.15) is 11.4 Å². The van der Waals surface area contributed by atoms with Crippen molar-refractivity contribution >= 4 is 12.0 Å². The molecule has 0 spiro atoms. The number of aromatic nitrogens is 2. The second kappa shape index (κ2) is 6.65. The molecule has 0 aliphatic rings. The Morgan fingerprint density at radius 2 is 2.14 bits per heavy atom. The first kappa shape index (κ1) is 14.7. The SMILES string of the molecule is Cc1ncc([N+](=O)[O-])n1CCOc1ccc(CC=N)cc1. The van der Waals surface area contributed by atoms with E-state index >= 15 is 0 Å². The normalized spacial score (nSPS) is 10.3. The van der Waals surface area contributed by atoms with Crippen molar-refractivity contribution in [3.8, 4) is 5.75 Å². The molecule has 2 rings (SSSR count). The summed E-state index contributed by atoms with van der Waals surface area (Å²) in [6.45, 7) is 2.41. The van der Waals surface area contributed by atoms with Crippen LogP contribution in [0.2, 0.25) is 0 Å². The fourth-order valence-electron chi connectivity index (χ4n) is 1.97. The predicted molar refractivity (Wildman–Crippen MR) is 78.0 cm³/mol. The number of nitrogens with one attached hydrogen (secondary N) is 1. The third-order valence-corrected chi connectivity index (χ3v) is 3.07. The van der Waals surface area contributed by atoms with Crippen molar-refractivity contribution in [3.05, 3.63) is 52.0 Å². The molecule has 110 valence electrons. The van der Waals surface area contributed by atoms with Gasteiger partial charge in [0.15, 0.2) is 5.82 Å². The van der Waals surface area contributed by atoms with Crippen LogP contribution in [0.4, 0.5) is 5.82 Å². The number of hydrogen-bond donors (Lipinski definition) is 1. The number of aryl methyl sites for hydroxylation is 1. The van der Waals surface area contributed by atoms with E-state index < -0.39 is 4.92 Å². The van der Waals surface area contributed by atoms with E-state index in [9.17, 15) is 10.1 Å². The van der Waals surface area contributed by atoms with Gasteiger partial charge in [-0.25, -0.2) is 9.55 Å². The molecule has 2 aromatic rings. The molecule has 0 aliphatic heterocycles. The van der Waals surface area contributed by atoms with E-state index in [0.717, 1.165) is 5.56 Å². The second-order valence-corrected chi connectivity index (χ2v) is 4.47. The summed E-state index contributed by atoms with van der Waals surface area (Å²) in [5.74, 6) is 1.26. The first-order chi connectivity index (χ1) is 10.1.